The Hall–Kier alpha value is -11.8. The summed E-state index contributed by atoms with van der Waals surface area (Å²) in [6, 6.07) is 109. The number of phenolic OH excluding ortho intramolecular Hbond substituents is 4. The summed E-state index contributed by atoms with van der Waals surface area (Å²) in [7, 11) is 0. The third-order valence-corrected chi connectivity index (χ3v) is 20.6. The Morgan fingerprint density at radius 3 is 0.716 bits per heavy atom. The minimum absolute atomic E-state index is 0. The first-order valence-corrected chi connectivity index (χ1v) is 37.3. The maximum atomic E-state index is 11.8. The van der Waals surface area contributed by atoms with Gasteiger partial charge in [-0.05, 0) is 128 Å². The van der Waals surface area contributed by atoms with E-state index in [-0.39, 0.29) is 117 Å². The average Bonchev–Trinajstić information content (AvgIpc) is 0.787. The zero-order valence-corrected chi connectivity index (χ0v) is 71.5. The molecule has 0 unspecified atom stereocenters. The number of para-hydroxylation sites is 6. The average molecular weight is 1680 g/mol. The summed E-state index contributed by atoms with van der Waals surface area (Å²) >= 11 is 0. The monoisotopic (exact) mass is 1680 g/mol. The maximum Gasteiger partial charge on any atom is 2.00 e. The summed E-state index contributed by atoms with van der Waals surface area (Å²) in [5.41, 5.74) is 15.2. The van der Waals surface area contributed by atoms with E-state index in [4.69, 9.17) is 18.9 Å². The molecule has 0 heterocycles. The summed E-state index contributed by atoms with van der Waals surface area (Å²) in [5, 5.41) is 55.9. The number of aryl methyl sites for hydroxylation is 2. The van der Waals surface area contributed by atoms with Gasteiger partial charge in [0.1, 0.15) is 46.0 Å². The van der Waals surface area contributed by atoms with Crippen LogP contribution in [0.3, 0.4) is 0 Å². The van der Waals surface area contributed by atoms with Crippen molar-refractivity contribution in [1.82, 2.24) is 0 Å². The van der Waals surface area contributed by atoms with Crippen molar-refractivity contribution >= 4 is 43.1 Å². The molecule has 0 bridgehead atoms. The number of fused-ring (bicyclic) bond motifs is 4. The van der Waals surface area contributed by atoms with Crippen molar-refractivity contribution in [3.05, 3.63) is 394 Å². The van der Waals surface area contributed by atoms with Gasteiger partial charge >= 0.3 is 52.4 Å². The summed E-state index contributed by atoms with van der Waals surface area (Å²) in [5.74, 6) is 3.51. The second kappa shape index (κ2) is 41.0. The van der Waals surface area contributed by atoms with Crippen molar-refractivity contribution < 1.29 is 91.8 Å². The molecule has 576 valence electrons. The molecule has 0 fully saturated rings. The SMILES string of the molecule is C=CCC(COc1ccc(C)cc1-c1cccc(-c2cccc3ccccc23)c1O)COc1ccc(C)cc1-c1cccc(-c2cccc3ccccc23)c1O.C=CCC(COc1ccccc1-c1cccc(-c2cccc3ccccc23)c1O)COc1ccccc1-c1cccc(-c2cccc3ccccc23)c1O.[CH3-].[CH3-].[CH3-].[CH3-].[Zr+2].[Zr+2]. The van der Waals surface area contributed by atoms with Crippen LogP contribution in [-0.2, 0) is 52.4 Å². The van der Waals surface area contributed by atoms with Gasteiger partial charge in [-0.25, -0.2) is 0 Å². The number of ether oxygens (including phenoxy) is 4. The molecule has 16 aromatic carbocycles. The Morgan fingerprint density at radius 1 is 0.241 bits per heavy atom. The Balaban J connectivity index is 0.000000252. The molecule has 0 aliphatic rings. The van der Waals surface area contributed by atoms with Crippen LogP contribution in [0.1, 0.15) is 24.0 Å². The Kier molecular flexibility index (Phi) is 31.1. The Morgan fingerprint density at radius 2 is 0.440 bits per heavy atom. The molecule has 0 saturated heterocycles. The van der Waals surface area contributed by atoms with E-state index < -0.39 is 0 Å². The van der Waals surface area contributed by atoms with Gasteiger partial charge in [-0.1, -0.05) is 314 Å². The van der Waals surface area contributed by atoms with Crippen LogP contribution in [0.4, 0.5) is 0 Å². The van der Waals surface area contributed by atoms with E-state index in [1.54, 1.807) is 0 Å². The molecule has 0 aliphatic heterocycles. The third kappa shape index (κ3) is 19.1. The molecular formula is C106H96O8Zr2. The first kappa shape index (κ1) is 88.2. The van der Waals surface area contributed by atoms with Gasteiger partial charge in [-0.3, -0.25) is 0 Å². The molecule has 4 N–H and O–H groups in total. The summed E-state index contributed by atoms with van der Waals surface area (Å²) in [6.07, 6.45) is 5.12. The van der Waals surface area contributed by atoms with Crippen LogP contribution in [0.5, 0.6) is 46.0 Å². The van der Waals surface area contributed by atoms with Gasteiger partial charge in [-0.15, -0.1) is 13.2 Å². The van der Waals surface area contributed by atoms with Crippen molar-refractivity contribution in [1.29, 1.82) is 0 Å². The van der Waals surface area contributed by atoms with Gasteiger partial charge in [-0.2, -0.15) is 0 Å². The number of phenols is 4. The van der Waals surface area contributed by atoms with Crippen LogP contribution in [0, 0.1) is 55.4 Å². The summed E-state index contributed by atoms with van der Waals surface area (Å²) < 4.78 is 26.2. The second-order valence-corrected chi connectivity index (χ2v) is 27.9. The number of hydrogen-bond donors (Lipinski definition) is 4. The summed E-state index contributed by atoms with van der Waals surface area (Å²) in [4.78, 5) is 0. The van der Waals surface area contributed by atoms with Crippen molar-refractivity contribution in [2.24, 2.45) is 11.8 Å². The molecule has 0 amide bonds. The molecule has 0 spiro atoms. The van der Waals surface area contributed by atoms with Gasteiger partial charge in [0.05, 0.1) is 26.4 Å². The van der Waals surface area contributed by atoms with E-state index in [9.17, 15) is 20.4 Å². The minimum Gasteiger partial charge on any atom is -0.507 e. The molecule has 10 heteroatoms. The van der Waals surface area contributed by atoms with E-state index >= 15 is 0 Å². The number of hydrogen-bond acceptors (Lipinski definition) is 8. The normalized spacial score (nSPS) is 10.7. The number of rotatable bonds is 24. The van der Waals surface area contributed by atoms with E-state index in [1.807, 2.05) is 257 Å². The van der Waals surface area contributed by atoms with E-state index in [0.717, 1.165) is 121 Å². The second-order valence-electron chi connectivity index (χ2n) is 27.9. The molecule has 0 saturated carbocycles. The standard InChI is InChI=1S/C52H44O4.C50H40O4.4CH3.2Zr/c1-4-13-36(32-55-49-28-26-34(2)30-47(49)45-24-11-22-43(51(45)53)41-20-9-16-37-14-5-7-18-39(37)41)33-56-50-29-27-35(3)31-48(50)46-25-12-23-44(52(46)54)42-21-10-17-38-15-6-8-19-40(38)42;1-2-15-34(32-53-47-30-9-7-22-41(47)45-28-13-26-43(49(45)51)39-24-11-18-35-16-3-5-20-37(35)39)33-54-48-31-10-8-23-42(48)46-29-14-27-44(50(46)52)40-25-12-19-36-17-4-6-21-38(36)40;;;;;;/h4-12,14-31,36,53-54H,1,13,32-33H2,2-3H3;2-14,16-31,34,51-52H,1,15,32-33H2;4*1H3;;/q;;4*-1;2*+2. The number of aromatic hydroxyl groups is 4. The van der Waals surface area contributed by atoms with Crippen LogP contribution in [0.25, 0.3) is 132 Å². The Bertz CT molecular complexity index is 5690. The van der Waals surface area contributed by atoms with Gasteiger partial charge in [0.25, 0.3) is 0 Å². The van der Waals surface area contributed by atoms with E-state index in [2.05, 4.69) is 110 Å². The van der Waals surface area contributed by atoms with Crippen molar-refractivity contribution in [2.75, 3.05) is 26.4 Å². The van der Waals surface area contributed by atoms with E-state index in [1.165, 1.54) is 0 Å². The fraction of sp³-hybridized carbons (Fsp3) is 0.0943. The summed E-state index contributed by atoms with van der Waals surface area (Å²) in [6.45, 7) is 13.6. The molecule has 0 atom stereocenters. The molecule has 0 aliphatic carbocycles. The van der Waals surface area contributed by atoms with E-state index in [0.29, 0.717) is 84.5 Å². The Labute approximate surface area is 722 Å². The maximum absolute atomic E-state index is 11.8. The van der Waals surface area contributed by atoms with Gasteiger partial charge in [0.15, 0.2) is 0 Å². The van der Waals surface area contributed by atoms with Crippen LogP contribution in [0.15, 0.2) is 353 Å². The van der Waals surface area contributed by atoms with Gasteiger partial charge in [0, 0.05) is 78.6 Å². The van der Waals surface area contributed by atoms with Crippen LogP contribution in [-0.4, -0.2) is 46.9 Å². The van der Waals surface area contributed by atoms with Crippen molar-refractivity contribution in [3.63, 3.8) is 0 Å². The fourth-order valence-corrected chi connectivity index (χ4v) is 15.0. The predicted octanol–water partition coefficient (Wildman–Crippen LogP) is 27.9. The third-order valence-electron chi connectivity index (χ3n) is 20.6. The smallest absolute Gasteiger partial charge is 0.507 e. The predicted molar refractivity (Wildman–Crippen MR) is 480 cm³/mol. The molecule has 16 rings (SSSR count). The molecule has 8 nitrogen and oxygen atoms in total. The van der Waals surface area contributed by atoms with Crippen LogP contribution in [0.2, 0.25) is 0 Å². The largest absolute Gasteiger partial charge is 2.00 e. The first-order chi connectivity index (χ1) is 54.0. The van der Waals surface area contributed by atoms with Gasteiger partial charge in [0.2, 0.25) is 0 Å². The fourth-order valence-electron chi connectivity index (χ4n) is 15.0. The molecule has 116 heavy (non-hydrogen) atoms. The number of benzene rings is 16. The zero-order chi connectivity index (χ0) is 75.5. The zero-order valence-electron chi connectivity index (χ0n) is 66.6. The molecule has 0 radical (unpaired) electrons. The quantitative estimate of drug-likeness (QED) is 0.0349. The molecule has 16 aromatic rings. The topological polar surface area (TPSA) is 118 Å². The van der Waals surface area contributed by atoms with Crippen LogP contribution >= 0.6 is 0 Å². The van der Waals surface area contributed by atoms with Crippen molar-refractivity contribution in [3.8, 4) is 135 Å². The van der Waals surface area contributed by atoms with Crippen LogP contribution < -0.4 is 18.9 Å². The van der Waals surface area contributed by atoms with Gasteiger partial charge < -0.3 is 69.1 Å². The van der Waals surface area contributed by atoms with Crippen molar-refractivity contribution in [2.45, 2.75) is 26.7 Å². The first-order valence-electron chi connectivity index (χ1n) is 37.3. The molecule has 0 aromatic heterocycles. The number of allylic oxidation sites excluding steroid dienone is 2. The minimum atomic E-state index is -0.0259. The molecular weight excluding hydrogens is 1580 g/mol.